The van der Waals surface area contributed by atoms with E-state index in [1.807, 2.05) is 65.0 Å². The van der Waals surface area contributed by atoms with Gasteiger partial charge in [0.15, 0.2) is 8.32 Å². The number of hydrogen-bond donors (Lipinski definition) is 0. The van der Waals surface area contributed by atoms with Crippen LogP contribution < -0.4 is 0 Å². The molecule has 2 aromatic rings. The highest BCUT2D eigenvalue weighted by Gasteiger charge is 2.46. The number of rotatable bonds is 8. The highest BCUT2D eigenvalue weighted by Crippen LogP contribution is 2.43. The Balaban J connectivity index is 1.91. The minimum atomic E-state index is -1.96. The van der Waals surface area contributed by atoms with Gasteiger partial charge in [-0.05, 0) is 76.9 Å². The maximum atomic E-state index is 13.3. The zero-order valence-electron chi connectivity index (χ0n) is 25.7. The predicted octanol–water partition coefficient (Wildman–Crippen LogP) is 8.07. The first-order valence-corrected chi connectivity index (χ1v) is 17.6. The summed E-state index contributed by atoms with van der Waals surface area (Å²) in [5.74, 6) is 0. The molecule has 0 aliphatic carbocycles. The zero-order valence-corrected chi connectivity index (χ0v) is 27.5. The van der Waals surface area contributed by atoms with E-state index in [-0.39, 0.29) is 16.3 Å². The summed E-state index contributed by atoms with van der Waals surface area (Å²) in [6.07, 6.45) is 0.214. The lowest BCUT2D eigenvalue weighted by Gasteiger charge is -2.36. The summed E-state index contributed by atoms with van der Waals surface area (Å²) in [7, 11) is -1.96. The molecule has 7 nitrogen and oxygen atoms in total. The summed E-state index contributed by atoms with van der Waals surface area (Å²) >= 11 is 1.55. The summed E-state index contributed by atoms with van der Waals surface area (Å²) in [4.78, 5) is 19.9. The molecule has 2 heterocycles. The van der Waals surface area contributed by atoms with Gasteiger partial charge in [0.05, 0.1) is 30.5 Å². The van der Waals surface area contributed by atoms with E-state index < -0.39 is 25.7 Å². The van der Waals surface area contributed by atoms with Crippen molar-refractivity contribution in [1.29, 1.82) is 5.26 Å². The van der Waals surface area contributed by atoms with Gasteiger partial charge in [0.1, 0.15) is 22.4 Å². The summed E-state index contributed by atoms with van der Waals surface area (Å²) in [5, 5.41) is 10.6. The predicted molar refractivity (Wildman–Crippen MR) is 162 cm³/mol. The standard InChI is InChI=1S/C31H45N3O4SSi/c1-29(2,3)38-28(35)34-25(21-36-31(34,7)8)18-26(22-14-12-11-13-15-22)39-27-23(19-32)16-17-24(33-27)20-37-40(9,10)30(4,5)6/h11-17,25-26H,18,20-21H2,1-10H3/t25-,26+/m0/s1. The Morgan fingerprint density at radius 1 is 1.18 bits per heavy atom. The molecule has 0 bridgehead atoms. The van der Waals surface area contributed by atoms with E-state index in [1.54, 1.807) is 16.7 Å². The van der Waals surface area contributed by atoms with E-state index in [0.29, 0.717) is 30.2 Å². The molecular weight excluding hydrogens is 539 g/mol. The Morgan fingerprint density at radius 2 is 1.82 bits per heavy atom. The van der Waals surface area contributed by atoms with Crippen LogP contribution in [0.4, 0.5) is 4.79 Å². The molecule has 2 atom stereocenters. The molecule has 1 aliphatic rings. The van der Waals surface area contributed by atoms with Crippen LogP contribution in [0.3, 0.4) is 0 Å². The second-order valence-electron chi connectivity index (χ2n) is 13.3. The first kappa shape index (κ1) is 32.1. The first-order chi connectivity index (χ1) is 18.4. The SMILES string of the molecule is CC(C)(C)OC(=O)N1[C@@H](C[C@@H](Sc2nc(CO[Si](C)(C)C(C)(C)C)ccc2C#N)c2ccccc2)COC1(C)C. The van der Waals surface area contributed by atoms with Crippen molar-refractivity contribution in [2.75, 3.05) is 6.61 Å². The molecule has 0 unspecified atom stereocenters. The van der Waals surface area contributed by atoms with E-state index in [0.717, 1.165) is 11.3 Å². The molecule has 1 fully saturated rings. The third kappa shape index (κ3) is 8.09. The lowest BCUT2D eigenvalue weighted by atomic mass is 10.0. The number of pyridine rings is 1. The highest BCUT2D eigenvalue weighted by atomic mass is 32.2. The second kappa shape index (κ2) is 12.2. The normalized spacial score (nSPS) is 18.3. The van der Waals surface area contributed by atoms with Gasteiger partial charge >= 0.3 is 6.09 Å². The molecule has 1 aromatic heterocycles. The monoisotopic (exact) mass is 583 g/mol. The van der Waals surface area contributed by atoms with E-state index >= 15 is 0 Å². The number of nitrogens with zero attached hydrogens (tertiary/aromatic N) is 3. The number of ether oxygens (including phenoxy) is 2. The molecule has 0 saturated carbocycles. The topological polar surface area (TPSA) is 84.7 Å². The fourth-order valence-corrected chi connectivity index (χ4v) is 6.48. The molecule has 40 heavy (non-hydrogen) atoms. The lowest BCUT2D eigenvalue weighted by Crippen LogP contribution is -2.50. The molecule has 1 amide bonds. The van der Waals surface area contributed by atoms with Crippen molar-refractivity contribution in [3.8, 4) is 6.07 Å². The Morgan fingerprint density at radius 3 is 2.40 bits per heavy atom. The number of carbonyl (C=O) groups is 1. The van der Waals surface area contributed by atoms with Gasteiger partial charge in [-0.2, -0.15) is 5.26 Å². The van der Waals surface area contributed by atoms with Crippen molar-refractivity contribution in [3.63, 3.8) is 0 Å². The van der Waals surface area contributed by atoms with Crippen LogP contribution in [0.2, 0.25) is 18.1 Å². The summed E-state index contributed by atoms with van der Waals surface area (Å²) in [6.45, 7) is 21.3. The Bertz CT molecular complexity index is 1220. The molecule has 0 spiro atoms. The van der Waals surface area contributed by atoms with Gasteiger partial charge in [-0.3, -0.25) is 4.90 Å². The smallest absolute Gasteiger partial charge is 0.412 e. The fourth-order valence-electron chi connectivity index (χ4n) is 4.24. The van der Waals surface area contributed by atoms with Crippen LogP contribution in [0, 0.1) is 11.3 Å². The number of aromatic nitrogens is 1. The van der Waals surface area contributed by atoms with Gasteiger partial charge in [0.2, 0.25) is 0 Å². The van der Waals surface area contributed by atoms with Crippen LogP contribution in [-0.4, -0.2) is 48.3 Å². The van der Waals surface area contributed by atoms with Gasteiger partial charge in [-0.25, -0.2) is 9.78 Å². The maximum Gasteiger partial charge on any atom is 0.412 e. The Kier molecular flexibility index (Phi) is 9.83. The van der Waals surface area contributed by atoms with Crippen LogP contribution in [0.15, 0.2) is 47.5 Å². The van der Waals surface area contributed by atoms with Crippen LogP contribution >= 0.6 is 11.8 Å². The van der Waals surface area contributed by atoms with Crippen molar-refractivity contribution < 1.29 is 18.7 Å². The molecule has 3 rings (SSSR count). The first-order valence-electron chi connectivity index (χ1n) is 13.9. The van der Waals surface area contributed by atoms with Crippen molar-refractivity contribution in [1.82, 2.24) is 9.88 Å². The van der Waals surface area contributed by atoms with E-state index in [1.165, 1.54) is 0 Å². The van der Waals surface area contributed by atoms with Crippen molar-refractivity contribution in [2.45, 2.75) is 114 Å². The Labute approximate surface area is 245 Å². The average Bonchev–Trinajstić information content (AvgIpc) is 3.15. The van der Waals surface area contributed by atoms with Crippen molar-refractivity contribution in [3.05, 3.63) is 59.3 Å². The minimum absolute atomic E-state index is 0.0789. The minimum Gasteiger partial charge on any atom is -0.444 e. The maximum absolute atomic E-state index is 13.3. The van der Waals surface area contributed by atoms with Gasteiger partial charge in [0.25, 0.3) is 0 Å². The second-order valence-corrected chi connectivity index (χ2v) is 19.3. The van der Waals surface area contributed by atoms with Crippen molar-refractivity contribution >= 4 is 26.2 Å². The van der Waals surface area contributed by atoms with Crippen molar-refractivity contribution in [2.24, 2.45) is 0 Å². The molecule has 1 saturated heterocycles. The molecular formula is C31H45N3O4SSi. The van der Waals surface area contributed by atoms with Gasteiger partial charge in [-0.1, -0.05) is 62.9 Å². The summed E-state index contributed by atoms with van der Waals surface area (Å²) in [5.41, 5.74) is 1.00. The summed E-state index contributed by atoms with van der Waals surface area (Å²) in [6, 6.07) is 16.0. The molecule has 1 aliphatic heterocycles. The number of carbonyl (C=O) groups excluding carboxylic acids is 1. The number of thioether (sulfide) groups is 1. The number of nitriles is 1. The zero-order chi connectivity index (χ0) is 29.9. The number of amides is 1. The highest BCUT2D eigenvalue weighted by molar-refractivity contribution is 7.99. The van der Waals surface area contributed by atoms with Gasteiger partial charge < -0.3 is 13.9 Å². The van der Waals surface area contributed by atoms with Gasteiger partial charge in [0, 0.05) is 5.25 Å². The molecule has 0 radical (unpaired) electrons. The molecule has 0 N–H and O–H groups in total. The summed E-state index contributed by atoms with van der Waals surface area (Å²) < 4.78 is 18.3. The van der Waals surface area contributed by atoms with E-state index in [9.17, 15) is 10.1 Å². The molecule has 9 heteroatoms. The van der Waals surface area contributed by atoms with E-state index in [2.05, 4.69) is 52.1 Å². The third-order valence-corrected chi connectivity index (χ3v) is 13.3. The number of hydrogen-bond acceptors (Lipinski definition) is 7. The molecule has 218 valence electrons. The fraction of sp³-hybridized carbons (Fsp3) is 0.581. The average molecular weight is 584 g/mol. The lowest BCUT2D eigenvalue weighted by molar-refractivity contribution is -0.0626. The number of benzene rings is 1. The largest absolute Gasteiger partial charge is 0.444 e. The van der Waals surface area contributed by atoms with Crippen LogP contribution in [0.25, 0.3) is 0 Å². The third-order valence-electron chi connectivity index (χ3n) is 7.50. The Hall–Kier alpha value is -2.38. The van der Waals surface area contributed by atoms with Gasteiger partial charge in [-0.15, -0.1) is 0 Å². The van der Waals surface area contributed by atoms with Crippen LogP contribution in [-0.2, 0) is 20.5 Å². The van der Waals surface area contributed by atoms with E-state index in [4.69, 9.17) is 18.9 Å². The van der Waals surface area contributed by atoms with Crippen LogP contribution in [0.5, 0.6) is 0 Å². The molecule has 1 aromatic carbocycles. The van der Waals surface area contributed by atoms with Crippen LogP contribution in [0.1, 0.15) is 83.9 Å². The quantitative estimate of drug-likeness (QED) is 0.229.